The fraction of sp³-hybridized carbons (Fsp3) is 0.278. The van der Waals surface area contributed by atoms with Crippen molar-refractivity contribution in [3.63, 3.8) is 0 Å². The van der Waals surface area contributed by atoms with E-state index in [1.807, 2.05) is 0 Å². The van der Waals surface area contributed by atoms with E-state index in [1.54, 1.807) is 23.8 Å². The minimum atomic E-state index is -0.501. The number of aromatic nitrogens is 2. The quantitative estimate of drug-likeness (QED) is 0.474. The number of hydrogen-bond donors (Lipinski definition) is 2. The highest BCUT2D eigenvalue weighted by Crippen LogP contribution is 2.40. The van der Waals surface area contributed by atoms with Crippen LogP contribution in [-0.4, -0.2) is 33.4 Å². The molecule has 8 heteroatoms. The van der Waals surface area contributed by atoms with Crippen molar-refractivity contribution >= 4 is 23.5 Å². The topological polar surface area (TPSA) is 93.5 Å². The Morgan fingerprint density at radius 3 is 2.96 bits per heavy atom. The summed E-state index contributed by atoms with van der Waals surface area (Å²) in [5, 5.41) is 13.0. The Balaban J connectivity index is 2.19. The summed E-state index contributed by atoms with van der Waals surface area (Å²) in [4.78, 5) is 29.2. The summed E-state index contributed by atoms with van der Waals surface area (Å²) < 4.78 is 7.05. The number of amides is 1. The molecule has 136 valence electrons. The van der Waals surface area contributed by atoms with Gasteiger partial charge in [0.1, 0.15) is 17.3 Å². The van der Waals surface area contributed by atoms with Crippen LogP contribution in [0.2, 0.25) is 0 Å². The number of thioether (sulfide) groups is 1. The van der Waals surface area contributed by atoms with Crippen LogP contribution in [0, 0.1) is 0 Å². The summed E-state index contributed by atoms with van der Waals surface area (Å²) >= 11 is 1.37. The number of methoxy groups -OCH3 is 1. The third-order valence-electron chi connectivity index (χ3n) is 4.22. The maximum atomic E-state index is 12.8. The molecule has 1 atom stereocenters. The van der Waals surface area contributed by atoms with E-state index in [9.17, 15) is 14.7 Å². The van der Waals surface area contributed by atoms with Crippen LogP contribution in [0.4, 0.5) is 5.82 Å². The van der Waals surface area contributed by atoms with E-state index in [4.69, 9.17) is 4.74 Å². The lowest BCUT2D eigenvalue weighted by atomic mass is 9.86. The van der Waals surface area contributed by atoms with Gasteiger partial charge in [-0.25, -0.2) is 0 Å². The summed E-state index contributed by atoms with van der Waals surface area (Å²) in [6.45, 7) is 3.67. The number of phenolic OH excluding ortho intramolecular Hbond substituents is 1. The lowest BCUT2D eigenvalue weighted by Gasteiger charge is -2.28. The van der Waals surface area contributed by atoms with E-state index in [1.165, 1.54) is 31.0 Å². The molecular weight excluding hydrogens is 354 g/mol. The molecule has 1 aliphatic heterocycles. The van der Waals surface area contributed by atoms with Crippen molar-refractivity contribution < 1.29 is 14.6 Å². The summed E-state index contributed by atoms with van der Waals surface area (Å²) in [7, 11) is 3.24. The molecule has 0 aliphatic carbocycles. The van der Waals surface area contributed by atoms with Crippen LogP contribution in [0.25, 0.3) is 0 Å². The van der Waals surface area contributed by atoms with Gasteiger partial charge in [0, 0.05) is 36.8 Å². The number of nitrogens with one attached hydrogen (secondary N) is 1. The van der Waals surface area contributed by atoms with Gasteiger partial charge in [-0.15, -0.1) is 6.58 Å². The number of carbonyl (C=O) groups excluding carboxylic acids is 1. The standard InChI is InChI=1S/C18H19N3O4S/c1-4-7-26-18-20-17(24)15-12(9-14(23)19-16(15)21(18)2)11-6-5-10(22)8-13(11)25-3/h4-6,8,12,22H,1,7,9H2,2-3H3,(H,19,23)/t12-/m0/s1. The monoisotopic (exact) mass is 373 g/mol. The Morgan fingerprint density at radius 2 is 2.27 bits per heavy atom. The first kappa shape index (κ1) is 18.1. The molecule has 7 nitrogen and oxygen atoms in total. The van der Waals surface area contributed by atoms with Crippen LogP contribution in [-0.2, 0) is 11.8 Å². The minimum Gasteiger partial charge on any atom is -0.508 e. The largest absolute Gasteiger partial charge is 0.508 e. The Labute approximate surface area is 154 Å². The molecule has 1 aliphatic rings. The molecule has 1 amide bonds. The van der Waals surface area contributed by atoms with Crippen molar-refractivity contribution in [3.8, 4) is 11.5 Å². The summed E-state index contributed by atoms with van der Waals surface area (Å²) in [5.74, 6) is 0.809. The van der Waals surface area contributed by atoms with Crippen molar-refractivity contribution in [3.05, 3.63) is 52.3 Å². The molecule has 0 fully saturated rings. The molecule has 0 saturated carbocycles. The molecular formula is C18H19N3O4S. The number of carbonyl (C=O) groups is 1. The molecule has 0 radical (unpaired) electrons. The van der Waals surface area contributed by atoms with E-state index in [0.717, 1.165) is 0 Å². The van der Waals surface area contributed by atoms with Gasteiger partial charge in [0.05, 0.1) is 12.7 Å². The van der Waals surface area contributed by atoms with Crippen LogP contribution in [0.5, 0.6) is 11.5 Å². The lowest BCUT2D eigenvalue weighted by Crippen LogP contribution is -2.33. The molecule has 26 heavy (non-hydrogen) atoms. The Bertz CT molecular complexity index is 939. The van der Waals surface area contributed by atoms with Crippen LogP contribution >= 0.6 is 11.8 Å². The first-order valence-electron chi connectivity index (χ1n) is 7.97. The first-order valence-corrected chi connectivity index (χ1v) is 8.96. The summed E-state index contributed by atoms with van der Waals surface area (Å²) in [6, 6.07) is 4.64. The number of benzene rings is 1. The number of nitrogens with zero attached hydrogens (tertiary/aromatic N) is 2. The number of phenols is 1. The van der Waals surface area contributed by atoms with Crippen LogP contribution in [0.1, 0.15) is 23.5 Å². The third kappa shape index (κ3) is 3.20. The van der Waals surface area contributed by atoms with Crippen molar-refractivity contribution in [2.45, 2.75) is 17.5 Å². The second kappa shape index (κ2) is 7.25. The van der Waals surface area contributed by atoms with E-state index in [0.29, 0.717) is 33.6 Å². The smallest absolute Gasteiger partial charge is 0.279 e. The van der Waals surface area contributed by atoms with Gasteiger partial charge < -0.3 is 19.7 Å². The molecule has 1 aromatic heterocycles. The summed E-state index contributed by atoms with van der Waals surface area (Å²) in [5.41, 5.74) is 0.690. The molecule has 2 aromatic rings. The maximum Gasteiger partial charge on any atom is 0.279 e. The molecule has 2 heterocycles. The van der Waals surface area contributed by atoms with Crippen molar-refractivity contribution in [1.29, 1.82) is 0 Å². The second-order valence-corrected chi connectivity index (χ2v) is 6.84. The van der Waals surface area contributed by atoms with Gasteiger partial charge in [0.15, 0.2) is 5.16 Å². The molecule has 0 bridgehead atoms. The maximum absolute atomic E-state index is 12.8. The minimum absolute atomic E-state index is 0.0493. The molecule has 3 rings (SSSR count). The molecule has 0 saturated heterocycles. The summed E-state index contributed by atoms with van der Waals surface area (Å²) in [6.07, 6.45) is 1.82. The van der Waals surface area contributed by atoms with Gasteiger partial charge in [0.2, 0.25) is 5.91 Å². The number of rotatable bonds is 5. The fourth-order valence-corrected chi connectivity index (χ4v) is 3.75. The van der Waals surface area contributed by atoms with E-state index in [-0.39, 0.29) is 23.6 Å². The highest BCUT2D eigenvalue weighted by molar-refractivity contribution is 7.99. The fourth-order valence-electron chi connectivity index (χ4n) is 3.05. The number of fused-ring (bicyclic) bond motifs is 1. The average molecular weight is 373 g/mol. The average Bonchev–Trinajstić information content (AvgIpc) is 2.62. The number of hydrogen-bond acceptors (Lipinski definition) is 6. The zero-order valence-corrected chi connectivity index (χ0v) is 15.3. The SMILES string of the molecule is C=CCSc1nc(=O)c2c(n1C)NC(=O)C[C@H]2c1ccc(O)cc1OC. The lowest BCUT2D eigenvalue weighted by molar-refractivity contribution is -0.116. The van der Waals surface area contributed by atoms with Gasteiger partial charge in [-0.2, -0.15) is 4.98 Å². The van der Waals surface area contributed by atoms with Gasteiger partial charge in [-0.05, 0) is 6.07 Å². The number of anilines is 1. The van der Waals surface area contributed by atoms with Gasteiger partial charge in [0.25, 0.3) is 5.56 Å². The normalized spacial score (nSPS) is 15.9. The van der Waals surface area contributed by atoms with E-state index >= 15 is 0 Å². The predicted octanol–water partition coefficient (Wildman–Crippen LogP) is 2.25. The predicted molar refractivity (Wildman–Crippen MR) is 100 cm³/mol. The van der Waals surface area contributed by atoms with E-state index < -0.39 is 5.92 Å². The van der Waals surface area contributed by atoms with Gasteiger partial charge in [-0.1, -0.05) is 23.9 Å². The van der Waals surface area contributed by atoms with Crippen molar-refractivity contribution in [1.82, 2.24) is 9.55 Å². The molecule has 2 N–H and O–H groups in total. The third-order valence-corrected chi connectivity index (χ3v) is 5.25. The Kier molecular flexibility index (Phi) is 5.03. The first-order chi connectivity index (χ1) is 12.5. The highest BCUT2D eigenvalue weighted by Gasteiger charge is 2.33. The molecule has 0 unspecified atom stereocenters. The number of ether oxygens (including phenoxy) is 1. The second-order valence-electron chi connectivity index (χ2n) is 5.85. The van der Waals surface area contributed by atoms with Crippen LogP contribution < -0.4 is 15.6 Å². The van der Waals surface area contributed by atoms with Gasteiger partial charge in [-0.3, -0.25) is 9.59 Å². The van der Waals surface area contributed by atoms with Crippen LogP contribution in [0.3, 0.4) is 0 Å². The zero-order valence-electron chi connectivity index (χ0n) is 14.5. The molecule has 0 spiro atoms. The van der Waals surface area contributed by atoms with E-state index in [2.05, 4.69) is 16.9 Å². The zero-order chi connectivity index (χ0) is 18.8. The van der Waals surface area contributed by atoms with Gasteiger partial charge >= 0.3 is 0 Å². The Morgan fingerprint density at radius 1 is 1.50 bits per heavy atom. The van der Waals surface area contributed by atoms with Crippen LogP contribution in [0.15, 0.2) is 40.8 Å². The Hall–Kier alpha value is -2.74. The number of aromatic hydroxyl groups is 1. The van der Waals surface area contributed by atoms with Crippen molar-refractivity contribution in [2.24, 2.45) is 7.05 Å². The highest BCUT2D eigenvalue weighted by atomic mass is 32.2. The molecule has 1 aromatic carbocycles. The van der Waals surface area contributed by atoms with Crippen molar-refractivity contribution in [2.75, 3.05) is 18.2 Å².